The van der Waals surface area contributed by atoms with E-state index in [0.29, 0.717) is 5.69 Å². The van der Waals surface area contributed by atoms with Crippen molar-refractivity contribution in [2.24, 2.45) is 0 Å². The summed E-state index contributed by atoms with van der Waals surface area (Å²) in [5.74, 6) is -0.0283. The lowest BCUT2D eigenvalue weighted by atomic mass is 10.3. The molecule has 6 heteroatoms. The molecule has 2 rings (SSSR count). The van der Waals surface area contributed by atoms with Crippen molar-refractivity contribution >= 4 is 21.8 Å². The second-order valence-corrected chi connectivity index (χ2v) is 4.85. The molecule has 0 aromatic carbocycles. The van der Waals surface area contributed by atoms with Gasteiger partial charge in [0.1, 0.15) is 6.26 Å². The minimum absolute atomic E-state index is 0.0283. The van der Waals surface area contributed by atoms with Gasteiger partial charge < -0.3 is 14.3 Å². The molecule has 0 saturated carbocycles. The molecule has 1 aromatic heterocycles. The largest absolute Gasteiger partial charge is 0.364 e. The van der Waals surface area contributed by atoms with Crippen LogP contribution in [0.3, 0.4) is 0 Å². The van der Waals surface area contributed by atoms with E-state index in [1.165, 1.54) is 6.26 Å². The summed E-state index contributed by atoms with van der Waals surface area (Å²) >= 11 is 3.44. The van der Waals surface area contributed by atoms with E-state index in [9.17, 15) is 4.79 Å². The molecule has 1 amide bonds. The lowest BCUT2D eigenvalue weighted by Gasteiger charge is -2.20. The van der Waals surface area contributed by atoms with Crippen molar-refractivity contribution < 1.29 is 9.32 Å². The van der Waals surface area contributed by atoms with E-state index in [1.807, 2.05) is 4.90 Å². The lowest BCUT2D eigenvalue weighted by Crippen LogP contribution is -2.35. The molecule has 0 atom stereocenters. The number of alkyl halides is 1. The topological polar surface area (TPSA) is 49.6 Å². The van der Waals surface area contributed by atoms with Gasteiger partial charge in [-0.15, -0.1) is 0 Å². The quantitative estimate of drug-likeness (QED) is 0.788. The molecular weight excluding hydrogens is 286 g/mol. The third-order valence-electron chi connectivity index (χ3n) is 2.93. The van der Waals surface area contributed by atoms with Crippen molar-refractivity contribution in [3.63, 3.8) is 0 Å². The maximum atomic E-state index is 12.1. The first-order valence-corrected chi connectivity index (χ1v) is 6.91. The third-order valence-corrected chi connectivity index (χ3v) is 3.29. The highest BCUT2D eigenvalue weighted by molar-refractivity contribution is 9.09. The van der Waals surface area contributed by atoms with E-state index < -0.39 is 0 Å². The molecule has 1 aliphatic heterocycles. The van der Waals surface area contributed by atoms with E-state index >= 15 is 0 Å². The van der Waals surface area contributed by atoms with Gasteiger partial charge in [0.05, 0.1) is 0 Å². The van der Waals surface area contributed by atoms with Crippen LogP contribution in [0.5, 0.6) is 0 Å². The Morgan fingerprint density at radius 1 is 1.41 bits per heavy atom. The lowest BCUT2D eigenvalue weighted by molar-refractivity contribution is 0.0751. The van der Waals surface area contributed by atoms with Crippen LogP contribution in [0.1, 0.15) is 16.9 Å². The number of hydrogen-bond acceptors (Lipinski definition) is 4. The first kappa shape index (κ1) is 12.6. The molecule has 0 unspecified atom stereocenters. The summed E-state index contributed by atoms with van der Waals surface area (Å²) in [5, 5.41) is 4.67. The Labute approximate surface area is 109 Å². The van der Waals surface area contributed by atoms with E-state index in [2.05, 4.69) is 26.0 Å². The summed E-state index contributed by atoms with van der Waals surface area (Å²) in [6.45, 7) is 4.57. The summed E-state index contributed by atoms with van der Waals surface area (Å²) in [6.07, 6.45) is 2.44. The molecule has 0 aliphatic carbocycles. The standard InChI is InChI=1S/C11H16BrN3O2/c12-3-6-14-4-1-5-15(8-7-14)11(16)10-2-9-17-13-10/h2,9H,1,3-8H2. The number of carbonyl (C=O) groups excluding carboxylic acids is 1. The molecule has 94 valence electrons. The van der Waals surface area contributed by atoms with E-state index in [4.69, 9.17) is 4.52 Å². The van der Waals surface area contributed by atoms with Gasteiger partial charge in [-0.2, -0.15) is 0 Å². The van der Waals surface area contributed by atoms with Crippen LogP contribution >= 0.6 is 15.9 Å². The van der Waals surface area contributed by atoms with Gasteiger partial charge in [0.2, 0.25) is 0 Å². The molecule has 0 spiro atoms. The molecular formula is C11H16BrN3O2. The summed E-state index contributed by atoms with van der Waals surface area (Å²) < 4.78 is 4.70. The summed E-state index contributed by atoms with van der Waals surface area (Å²) in [6, 6.07) is 1.61. The fourth-order valence-corrected chi connectivity index (χ4v) is 2.50. The molecule has 1 aliphatic rings. The van der Waals surface area contributed by atoms with Crippen molar-refractivity contribution in [3.8, 4) is 0 Å². The molecule has 2 heterocycles. The Morgan fingerprint density at radius 3 is 3.00 bits per heavy atom. The highest BCUT2D eigenvalue weighted by atomic mass is 79.9. The highest BCUT2D eigenvalue weighted by Gasteiger charge is 2.21. The predicted molar refractivity (Wildman–Crippen MR) is 67.3 cm³/mol. The zero-order valence-corrected chi connectivity index (χ0v) is 11.2. The Bertz CT molecular complexity index is 356. The predicted octanol–water partition coefficient (Wildman–Crippen LogP) is 1.22. The van der Waals surface area contributed by atoms with Crippen LogP contribution in [-0.4, -0.2) is 58.9 Å². The van der Waals surface area contributed by atoms with Gasteiger partial charge in [0, 0.05) is 37.6 Å². The molecule has 1 fully saturated rings. The second kappa shape index (κ2) is 6.16. The SMILES string of the molecule is O=C(c1ccon1)N1CCCN(CCBr)CC1. The van der Waals surface area contributed by atoms with Crippen molar-refractivity contribution in [3.05, 3.63) is 18.0 Å². The maximum absolute atomic E-state index is 12.1. The molecule has 0 radical (unpaired) electrons. The van der Waals surface area contributed by atoms with Crippen molar-refractivity contribution in [2.75, 3.05) is 38.1 Å². The van der Waals surface area contributed by atoms with Crippen LogP contribution in [0.2, 0.25) is 0 Å². The number of hydrogen-bond donors (Lipinski definition) is 0. The van der Waals surface area contributed by atoms with Gasteiger partial charge in [-0.05, 0) is 13.0 Å². The highest BCUT2D eigenvalue weighted by Crippen LogP contribution is 2.08. The van der Waals surface area contributed by atoms with Crippen LogP contribution in [0, 0.1) is 0 Å². The second-order valence-electron chi connectivity index (χ2n) is 4.06. The summed E-state index contributed by atoms with van der Waals surface area (Å²) in [4.78, 5) is 16.3. The smallest absolute Gasteiger partial charge is 0.276 e. The molecule has 17 heavy (non-hydrogen) atoms. The van der Waals surface area contributed by atoms with Crippen LogP contribution < -0.4 is 0 Å². The molecule has 5 nitrogen and oxygen atoms in total. The first-order valence-electron chi connectivity index (χ1n) is 5.79. The maximum Gasteiger partial charge on any atom is 0.276 e. The van der Waals surface area contributed by atoms with E-state index in [1.54, 1.807) is 6.07 Å². The van der Waals surface area contributed by atoms with Crippen LogP contribution in [0.4, 0.5) is 0 Å². The zero-order valence-electron chi connectivity index (χ0n) is 9.64. The average Bonchev–Trinajstić information content (AvgIpc) is 2.76. The number of carbonyl (C=O) groups is 1. The van der Waals surface area contributed by atoms with Gasteiger partial charge >= 0.3 is 0 Å². The first-order chi connectivity index (χ1) is 8.31. The Kier molecular flexibility index (Phi) is 4.56. The van der Waals surface area contributed by atoms with Gasteiger partial charge in [0.15, 0.2) is 5.69 Å². The minimum Gasteiger partial charge on any atom is -0.364 e. The molecule has 0 bridgehead atoms. The van der Waals surface area contributed by atoms with Crippen molar-refractivity contribution in [1.29, 1.82) is 0 Å². The fourth-order valence-electron chi connectivity index (χ4n) is 2.00. The summed E-state index contributed by atoms with van der Waals surface area (Å²) in [7, 11) is 0. The number of halogens is 1. The monoisotopic (exact) mass is 301 g/mol. The van der Waals surface area contributed by atoms with Gasteiger partial charge in [0.25, 0.3) is 5.91 Å². The molecule has 1 aromatic rings. The van der Waals surface area contributed by atoms with Gasteiger partial charge in [-0.1, -0.05) is 21.1 Å². The molecule has 0 N–H and O–H groups in total. The van der Waals surface area contributed by atoms with Crippen molar-refractivity contribution in [2.45, 2.75) is 6.42 Å². The van der Waals surface area contributed by atoms with Gasteiger partial charge in [-0.3, -0.25) is 4.79 Å². The average molecular weight is 302 g/mol. The van der Waals surface area contributed by atoms with Crippen molar-refractivity contribution in [1.82, 2.24) is 15.0 Å². The number of amides is 1. The van der Waals surface area contributed by atoms with Crippen LogP contribution in [0.25, 0.3) is 0 Å². The Balaban J connectivity index is 1.92. The molecule has 1 saturated heterocycles. The number of aromatic nitrogens is 1. The number of nitrogens with zero attached hydrogens (tertiary/aromatic N) is 3. The Morgan fingerprint density at radius 2 is 2.29 bits per heavy atom. The van der Waals surface area contributed by atoms with Gasteiger partial charge in [-0.25, -0.2) is 0 Å². The van der Waals surface area contributed by atoms with Crippen LogP contribution in [0.15, 0.2) is 16.9 Å². The zero-order chi connectivity index (χ0) is 12.1. The summed E-state index contributed by atoms with van der Waals surface area (Å²) in [5.41, 5.74) is 0.402. The third kappa shape index (κ3) is 3.29. The Hall–Kier alpha value is -0.880. The van der Waals surface area contributed by atoms with E-state index in [0.717, 1.165) is 44.5 Å². The minimum atomic E-state index is -0.0283. The number of rotatable bonds is 3. The van der Waals surface area contributed by atoms with Crippen LogP contribution in [-0.2, 0) is 0 Å². The normalized spacial score (nSPS) is 18.1. The van der Waals surface area contributed by atoms with E-state index in [-0.39, 0.29) is 5.91 Å². The fraction of sp³-hybridized carbons (Fsp3) is 0.636.